The fourth-order valence-corrected chi connectivity index (χ4v) is 3.76. The van der Waals surface area contributed by atoms with Gasteiger partial charge in [-0.05, 0) is 24.5 Å². The van der Waals surface area contributed by atoms with Crippen LogP contribution in [0, 0.1) is 0 Å². The number of nitrogens with one attached hydrogen (secondary N) is 1. The van der Waals surface area contributed by atoms with E-state index in [0.717, 1.165) is 36.5 Å². The molecule has 0 radical (unpaired) electrons. The number of aromatic nitrogens is 2. The van der Waals surface area contributed by atoms with E-state index in [1.54, 1.807) is 7.11 Å². The number of anilines is 1. The second-order valence-electron chi connectivity index (χ2n) is 5.79. The Morgan fingerprint density at radius 1 is 1.43 bits per heavy atom. The van der Waals surface area contributed by atoms with Crippen molar-refractivity contribution in [2.45, 2.75) is 31.2 Å². The lowest BCUT2D eigenvalue weighted by atomic mass is 9.68. The molecule has 3 heterocycles. The molecule has 5 nitrogen and oxygen atoms in total. The highest BCUT2D eigenvalue weighted by molar-refractivity contribution is 5.96. The van der Waals surface area contributed by atoms with Crippen LogP contribution in [0.15, 0.2) is 30.7 Å². The first-order valence-electron chi connectivity index (χ1n) is 7.22. The molecule has 4 rings (SSSR count). The van der Waals surface area contributed by atoms with E-state index in [0.29, 0.717) is 6.42 Å². The first kappa shape index (κ1) is 12.4. The van der Waals surface area contributed by atoms with Gasteiger partial charge in [0.1, 0.15) is 5.75 Å². The van der Waals surface area contributed by atoms with Crippen molar-refractivity contribution >= 4 is 11.6 Å². The van der Waals surface area contributed by atoms with E-state index < -0.39 is 0 Å². The van der Waals surface area contributed by atoms with E-state index in [2.05, 4.69) is 20.9 Å². The summed E-state index contributed by atoms with van der Waals surface area (Å²) in [5, 5.41) is 2.98. The maximum absolute atomic E-state index is 12.2. The number of benzene rings is 1. The van der Waals surface area contributed by atoms with Gasteiger partial charge >= 0.3 is 0 Å². The van der Waals surface area contributed by atoms with Crippen molar-refractivity contribution in [3.63, 3.8) is 0 Å². The Labute approximate surface area is 122 Å². The molecule has 1 spiro atoms. The predicted octanol–water partition coefficient (Wildman–Crippen LogP) is 2.31. The van der Waals surface area contributed by atoms with Gasteiger partial charge in [0, 0.05) is 42.0 Å². The maximum atomic E-state index is 12.2. The molecule has 1 N–H and O–H groups in total. The Bertz CT molecular complexity index is 722. The molecule has 1 unspecified atom stereocenters. The first-order chi connectivity index (χ1) is 10.2. The predicted molar refractivity (Wildman–Crippen MR) is 78.5 cm³/mol. The molecular formula is C16H17N3O2. The van der Waals surface area contributed by atoms with Crippen molar-refractivity contribution in [3.05, 3.63) is 42.0 Å². The van der Waals surface area contributed by atoms with Crippen LogP contribution in [0.5, 0.6) is 5.75 Å². The van der Waals surface area contributed by atoms with Crippen LogP contribution in [0.3, 0.4) is 0 Å². The lowest BCUT2D eigenvalue weighted by Gasteiger charge is -2.42. The minimum Gasteiger partial charge on any atom is -0.497 e. The van der Waals surface area contributed by atoms with Gasteiger partial charge in [0.05, 0.1) is 13.4 Å². The third kappa shape index (κ3) is 1.70. The number of ether oxygens (including phenoxy) is 1. The molecule has 5 heteroatoms. The van der Waals surface area contributed by atoms with E-state index in [1.165, 1.54) is 5.56 Å². The molecule has 2 aliphatic rings. The first-order valence-corrected chi connectivity index (χ1v) is 7.22. The van der Waals surface area contributed by atoms with E-state index in [1.807, 2.05) is 24.7 Å². The Balaban J connectivity index is 1.95. The fraction of sp³-hybridized carbons (Fsp3) is 0.375. The molecule has 2 aliphatic heterocycles. The molecule has 1 aromatic heterocycles. The summed E-state index contributed by atoms with van der Waals surface area (Å²) in [7, 11) is 1.64. The van der Waals surface area contributed by atoms with Crippen molar-refractivity contribution in [1.82, 2.24) is 9.55 Å². The average molecular weight is 283 g/mol. The van der Waals surface area contributed by atoms with Gasteiger partial charge in [-0.2, -0.15) is 0 Å². The SMILES string of the molecule is COc1ccc2c(c1)NC(=O)CC21CCCn2cncc21. The quantitative estimate of drug-likeness (QED) is 0.873. The van der Waals surface area contributed by atoms with Gasteiger partial charge in [-0.1, -0.05) is 6.07 Å². The van der Waals surface area contributed by atoms with Gasteiger partial charge in [-0.25, -0.2) is 4.98 Å². The van der Waals surface area contributed by atoms with Crippen molar-refractivity contribution in [2.75, 3.05) is 12.4 Å². The molecule has 0 fully saturated rings. The van der Waals surface area contributed by atoms with Gasteiger partial charge in [0.25, 0.3) is 0 Å². The van der Waals surface area contributed by atoms with Crippen molar-refractivity contribution in [1.29, 1.82) is 0 Å². The second-order valence-corrected chi connectivity index (χ2v) is 5.79. The van der Waals surface area contributed by atoms with Crippen LogP contribution in [0.1, 0.15) is 30.5 Å². The van der Waals surface area contributed by atoms with Gasteiger partial charge in [-0.15, -0.1) is 0 Å². The summed E-state index contributed by atoms with van der Waals surface area (Å²) in [5.41, 5.74) is 2.93. The van der Waals surface area contributed by atoms with E-state index in [4.69, 9.17) is 4.74 Å². The van der Waals surface area contributed by atoms with Crippen LogP contribution >= 0.6 is 0 Å². The number of carbonyl (C=O) groups excluding carboxylic acids is 1. The van der Waals surface area contributed by atoms with Crippen molar-refractivity contribution in [3.8, 4) is 5.75 Å². The third-order valence-electron chi connectivity index (χ3n) is 4.68. The molecule has 1 aromatic carbocycles. The number of amides is 1. The molecule has 21 heavy (non-hydrogen) atoms. The van der Waals surface area contributed by atoms with Gasteiger partial charge in [0.15, 0.2) is 0 Å². The maximum Gasteiger partial charge on any atom is 0.225 e. The number of rotatable bonds is 1. The standard InChI is InChI=1S/C16H17N3O2/c1-21-11-3-4-12-13(7-11)18-15(20)8-16(12)5-2-6-19-10-17-9-14(16)19/h3-4,7,9-10H,2,5-6,8H2,1H3,(H,18,20). The monoisotopic (exact) mass is 283 g/mol. The van der Waals surface area contributed by atoms with E-state index in [9.17, 15) is 4.79 Å². The second kappa shape index (κ2) is 4.35. The van der Waals surface area contributed by atoms with Crippen LogP contribution in [-0.4, -0.2) is 22.6 Å². The summed E-state index contributed by atoms with van der Waals surface area (Å²) in [6.07, 6.45) is 6.29. The van der Waals surface area contributed by atoms with E-state index in [-0.39, 0.29) is 11.3 Å². The van der Waals surface area contributed by atoms with Crippen LogP contribution in [0.25, 0.3) is 0 Å². The number of carbonyl (C=O) groups is 1. The minimum atomic E-state index is -0.251. The number of imidazole rings is 1. The molecule has 1 atom stereocenters. The highest BCUT2D eigenvalue weighted by atomic mass is 16.5. The lowest BCUT2D eigenvalue weighted by Crippen LogP contribution is -2.42. The van der Waals surface area contributed by atoms with Crippen molar-refractivity contribution < 1.29 is 9.53 Å². The normalized spacial score (nSPS) is 23.4. The molecule has 1 amide bonds. The van der Waals surface area contributed by atoms with Gasteiger partial charge < -0.3 is 14.6 Å². The number of methoxy groups -OCH3 is 1. The number of nitrogens with zero attached hydrogens (tertiary/aromatic N) is 2. The van der Waals surface area contributed by atoms with Crippen LogP contribution in [0.4, 0.5) is 5.69 Å². The third-order valence-corrected chi connectivity index (χ3v) is 4.68. The number of hydrogen-bond acceptors (Lipinski definition) is 3. The molecule has 2 aromatic rings. The summed E-state index contributed by atoms with van der Waals surface area (Å²) in [6.45, 7) is 0.976. The van der Waals surface area contributed by atoms with Gasteiger partial charge in [0.2, 0.25) is 5.91 Å². The number of aryl methyl sites for hydroxylation is 1. The zero-order chi connectivity index (χ0) is 14.4. The fourth-order valence-electron chi connectivity index (χ4n) is 3.76. The average Bonchev–Trinajstić information content (AvgIpc) is 2.96. The Morgan fingerprint density at radius 3 is 3.19 bits per heavy atom. The summed E-state index contributed by atoms with van der Waals surface area (Å²) in [4.78, 5) is 16.5. The summed E-state index contributed by atoms with van der Waals surface area (Å²) >= 11 is 0. The molecule has 0 bridgehead atoms. The molecule has 0 saturated heterocycles. The largest absolute Gasteiger partial charge is 0.497 e. The number of hydrogen-bond donors (Lipinski definition) is 1. The zero-order valence-corrected chi connectivity index (χ0v) is 11.9. The van der Waals surface area contributed by atoms with Crippen LogP contribution in [-0.2, 0) is 16.8 Å². The molecule has 0 aliphatic carbocycles. The Morgan fingerprint density at radius 2 is 2.33 bits per heavy atom. The Kier molecular flexibility index (Phi) is 2.58. The summed E-state index contributed by atoms with van der Waals surface area (Å²) in [6, 6.07) is 5.95. The molecule has 0 saturated carbocycles. The topological polar surface area (TPSA) is 56.1 Å². The summed E-state index contributed by atoms with van der Waals surface area (Å²) < 4.78 is 7.45. The van der Waals surface area contributed by atoms with Crippen LogP contribution < -0.4 is 10.1 Å². The Hall–Kier alpha value is -2.30. The molecule has 108 valence electrons. The highest BCUT2D eigenvalue weighted by Gasteiger charge is 2.45. The summed E-state index contributed by atoms with van der Waals surface area (Å²) in [5.74, 6) is 0.820. The van der Waals surface area contributed by atoms with Gasteiger partial charge in [-0.3, -0.25) is 4.79 Å². The molecular weight excluding hydrogens is 266 g/mol. The highest BCUT2D eigenvalue weighted by Crippen LogP contribution is 2.48. The van der Waals surface area contributed by atoms with Crippen LogP contribution in [0.2, 0.25) is 0 Å². The lowest BCUT2D eigenvalue weighted by molar-refractivity contribution is -0.117. The smallest absolute Gasteiger partial charge is 0.225 e. The van der Waals surface area contributed by atoms with Crippen molar-refractivity contribution in [2.24, 2.45) is 0 Å². The zero-order valence-electron chi connectivity index (χ0n) is 11.9. The minimum absolute atomic E-state index is 0.0606. The van der Waals surface area contributed by atoms with E-state index >= 15 is 0 Å². The number of fused-ring (bicyclic) bond motifs is 4.